The van der Waals surface area contributed by atoms with Crippen LogP contribution in [-0.2, 0) is 20.9 Å². The molecule has 8 nitrogen and oxygen atoms in total. The Kier molecular flexibility index (Phi) is 10.4. The van der Waals surface area contributed by atoms with Crippen LogP contribution in [0.4, 0.5) is 17.6 Å². The number of hydrogen-bond donors (Lipinski definition) is 2. The van der Waals surface area contributed by atoms with Gasteiger partial charge in [-0.15, -0.1) is 13.2 Å². The molecule has 1 atom stereocenters. The molecular formula is C30H31F4NO7. The van der Waals surface area contributed by atoms with E-state index in [0.717, 1.165) is 18.4 Å². The molecule has 0 radical (unpaired) electrons. The SMILES string of the molecule is CCCOc1cccc(F)c1C1=CC(C)(C(=O)O)CC(C(=O)O)=C1.O=C1CCCN1Cc1ccc(OC(F)(F)F)cc1. The third-order valence-corrected chi connectivity index (χ3v) is 6.55. The number of ether oxygens (including phenoxy) is 2. The van der Waals surface area contributed by atoms with Crippen molar-refractivity contribution in [3.63, 3.8) is 0 Å². The molecule has 1 aliphatic heterocycles. The van der Waals surface area contributed by atoms with Crippen molar-refractivity contribution in [1.29, 1.82) is 0 Å². The summed E-state index contributed by atoms with van der Waals surface area (Å²) < 4.78 is 59.5. The molecular weight excluding hydrogens is 562 g/mol. The first-order chi connectivity index (χ1) is 19.7. The van der Waals surface area contributed by atoms with Gasteiger partial charge in [-0.25, -0.2) is 9.18 Å². The van der Waals surface area contributed by atoms with Crippen LogP contribution in [0.25, 0.3) is 5.57 Å². The lowest BCUT2D eigenvalue weighted by atomic mass is 9.76. The minimum Gasteiger partial charge on any atom is -0.493 e. The third-order valence-electron chi connectivity index (χ3n) is 6.55. The van der Waals surface area contributed by atoms with E-state index in [0.29, 0.717) is 26.1 Å². The number of alkyl halides is 3. The lowest BCUT2D eigenvalue weighted by Crippen LogP contribution is -2.29. The van der Waals surface area contributed by atoms with E-state index < -0.39 is 29.5 Å². The quantitative estimate of drug-likeness (QED) is 0.333. The van der Waals surface area contributed by atoms with Crippen LogP contribution in [0.3, 0.4) is 0 Å². The number of likely N-dealkylation sites (tertiary alicyclic amines) is 1. The number of benzene rings is 2. The number of rotatable bonds is 9. The van der Waals surface area contributed by atoms with Crippen LogP contribution in [0, 0.1) is 11.2 Å². The van der Waals surface area contributed by atoms with E-state index in [4.69, 9.17) is 4.74 Å². The summed E-state index contributed by atoms with van der Waals surface area (Å²) in [5, 5.41) is 18.7. The standard InChI is InChI=1S/C18H19FO5.C12H12F3NO2/c1-3-7-24-14-6-4-5-13(19)15(14)11-8-12(16(20)21)10-18(2,9-11)17(22)23;13-12(14,15)18-10-5-3-9(4-6-10)8-16-7-1-2-11(16)17/h4-6,8-9H,3,7,10H2,1-2H3,(H,20,21)(H,22,23);3-6H,1-2,7-8H2. The Morgan fingerprint density at radius 3 is 2.33 bits per heavy atom. The molecule has 2 aromatic carbocycles. The summed E-state index contributed by atoms with van der Waals surface area (Å²) in [5.41, 5.74) is -0.436. The fraction of sp³-hybridized carbons (Fsp3) is 0.367. The Balaban J connectivity index is 0.000000240. The molecule has 1 fully saturated rings. The van der Waals surface area contributed by atoms with Crippen LogP contribution in [-0.4, -0.2) is 52.5 Å². The van der Waals surface area contributed by atoms with Crippen LogP contribution in [0.2, 0.25) is 0 Å². The molecule has 12 heteroatoms. The number of halogens is 4. The van der Waals surface area contributed by atoms with Gasteiger partial charge >= 0.3 is 18.3 Å². The highest BCUT2D eigenvalue weighted by molar-refractivity contribution is 5.96. The van der Waals surface area contributed by atoms with Crippen molar-refractivity contribution in [2.75, 3.05) is 13.2 Å². The smallest absolute Gasteiger partial charge is 0.493 e. The lowest BCUT2D eigenvalue weighted by molar-refractivity contribution is -0.274. The average molecular weight is 594 g/mol. The number of allylic oxidation sites excluding steroid dienone is 2. The average Bonchev–Trinajstić information content (AvgIpc) is 3.31. The molecule has 2 aliphatic rings. The van der Waals surface area contributed by atoms with E-state index >= 15 is 0 Å². The minimum absolute atomic E-state index is 0.0804. The lowest BCUT2D eigenvalue weighted by Gasteiger charge is -2.27. The number of aliphatic carboxylic acids is 2. The van der Waals surface area contributed by atoms with Crippen molar-refractivity contribution < 1.29 is 51.6 Å². The highest BCUT2D eigenvalue weighted by Crippen LogP contribution is 2.41. The van der Waals surface area contributed by atoms with Gasteiger partial charge in [-0.1, -0.05) is 31.2 Å². The summed E-state index contributed by atoms with van der Waals surface area (Å²) in [5.74, 6) is -2.88. The van der Waals surface area contributed by atoms with Gasteiger partial charge in [-0.2, -0.15) is 0 Å². The number of carbonyl (C=O) groups excluding carboxylic acids is 1. The summed E-state index contributed by atoms with van der Waals surface area (Å²) in [6.45, 7) is 4.83. The van der Waals surface area contributed by atoms with Crippen LogP contribution >= 0.6 is 0 Å². The van der Waals surface area contributed by atoms with Gasteiger partial charge in [0.05, 0.1) is 17.6 Å². The topological polar surface area (TPSA) is 113 Å². The van der Waals surface area contributed by atoms with Gasteiger partial charge in [0.15, 0.2) is 0 Å². The van der Waals surface area contributed by atoms with Gasteiger partial charge in [-0.05, 0) is 67.7 Å². The molecule has 1 aliphatic carbocycles. The number of amides is 1. The molecule has 1 heterocycles. The summed E-state index contributed by atoms with van der Waals surface area (Å²) in [6, 6.07) is 9.88. The molecule has 1 amide bonds. The third kappa shape index (κ3) is 8.58. The van der Waals surface area contributed by atoms with E-state index in [1.165, 1.54) is 55.5 Å². The van der Waals surface area contributed by atoms with Crippen LogP contribution < -0.4 is 9.47 Å². The predicted molar refractivity (Wildman–Crippen MR) is 144 cm³/mol. The first-order valence-corrected chi connectivity index (χ1v) is 13.2. The first kappa shape index (κ1) is 32.2. The maximum absolute atomic E-state index is 14.4. The van der Waals surface area contributed by atoms with Gasteiger partial charge in [0.25, 0.3) is 0 Å². The molecule has 4 rings (SSSR count). The molecule has 0 aromatic heterocycles. The molecule has 42 heavy (non-hydrogen) atoms. The maximum atomic E-state index is 14.4. The number of carboxylic acid groups (broad SMARTS) is 2. The van der Waals surface area contributed by atoms with Gasteiger partial charge in [-0.3, -0.25) is 9.59 Å². The molecule has 1 saturated heterocycles. The number of hydrogen-bond acceptors (Lipinski definition) is 5. The monoisotopic (exact) mass is 593 g/mol. The van der Waals surface area contributed by atoms with E-state index in [2.05, 4.69) is 4.74 Å². The van der Waals surface area contributed by atoms with Crippen molar-refractivity contribution >= 4 is 23.4 Å². The molecule has 226 valence electrons. The second-order valence-electron chi connectivity index (χ2n) is 10.0. The Labute approximate surface area is 239 Å². The Hall–Kier alpha value is -4.35. The second kappa shape index (κ2) is 13.5. The van der Waals surface area contributed by atoms with Gasteiger partial charge in [0, 0.05) is 25.1 Å². The fourth-order valence-corrected chi connectivity index (χ4v) is 4.49. The Morgan fingerprint density at radius 2 is 1.79 bits per heavy atom. The van der Waals surface area contributed by atoms with Crippen LogP contribution in [0.15, 0.2) is 60.2 Å². The fourth-order valence-electron chi connectivity index (χ4n) is 4.49. The largest absolute Gasteiger partial charge is 0.573 e. The zero-order valence-corrected chi connectivity index (χ0v) is 23.0. The van der Waals surface area contributed by atoms with E-state index in [-0.39, 0.29) is 40.5 Å². The summed E-state index contributed by atoms with van der Waals surface area (Å²) in [4.78, 5) is 36.0. The molecule has 0 saturated carbocycles. The second-order valence-corrected chi connectivity index (χ2v) is 10.0. The summed E-state index contributed by atoms with van der Waals surface area (Å²) in [6.07, 6.45) is -0.0299. The Morgan fingerprint density at radius 1 is 1.10 bits per heavy atom. The highest BCUT2D eigenvalue weighted by Gasteiger charge is 2.37. The number of carboxylic acids is 2. The highest BCUT2D eigenvalue weighted by atomic mass is 19.4. The van der Waals surface area contributed by atoms with Crippen molar-refractivity contribution in [3.05, 3.63) is 77.1 Å². The van der Waals surface area contributed by atoms with Crippen LogP contribution in [0.5, 0.6) is 11.5 Å². The predicted octanol–water partition coefficient (Wildman–Crippen LogP) is 6.21. The first-order valence-electron chi connectivity index (χ1n) is 13.2. The van der Waals surface area contributed by atoms with E-state index in [9.17, 15) is 42.2 Å². The molecule has 0 bridgehead atoms. The minimum atomic E-state index is -4.67. The van der Waals surface area contributed by atoms with Gasteiger partial charge in [0.2, 0.25) is 5.91 Å². The van der Waals surface area contributed by atoms with Gasteiger partial charge < -0.3 is 24.6 Å². The van der Waals surface area contributed by atoms with Crippen molar-refractivity contribution in [3.8, 4) is 11.5 Å². The Bertz CT molecular complexity index is 1370. The van der Waals surface area contributed by atoms with Crippen molar-refractivity contribution in [1.82, 2.24) is 4.90 Å². The van der Waals surface area contributed by atoms with E-state index in [1.54, 1.807) is 11.0 Å². The summed E-state index contributed by atoms with van der Waals surface area (Å²) in [7, 11) is 0. The van der Waals surface area contributed by atoms with E-state index in [1.807, 2.05) is 6.92 Å². The zero-order valence-electron chi connectivity index (χ0n) is 23.0. The number of nitrogens with zero attached hydrogens (tertiary/aromatic N) is 1. The number of carbonyl (C=O) groups is 3. The molecule has 2 N–H and O–H groups in total. The molecule has 2 aromatic rings. The maximum Gasteiger partial charge on any atom is 0.573 e. The van der Waals surface area contributed by atoms with Crippen molar-refractivity contribution in [2.24, 2.45) is 5.41 Å². The van der Waals surface area contributed by atoms with Crippen LogP contribution in [0.1, 0.15) is 50.7 Å². The van der Waals surface area contributed by atoms with Gasteiger partial charge in [0.1, 0.15) is 17.3 Å². The zero-order chi connectivity index (χ0) is 31.1. The normalized spacial score (nSPS) is 18.4. The molecule has 0 spiro atoms. The summed E-state index contributed by atoms with van der Waals surface area (Å²) >= 11 is 0. The van der Waals surface area contributed by atoms with Crippen molar-refractivity contribution in [2.45, 2.75) is 52.4 Å². The molecule has 1 unspecified atom stereocenters.